The van der Waals surface area contributed by atoms with Gasteiger partial charge in [0, 0.05) is 25.9 Å². The number of imidazole rings is 1. The zero-order valence-electron chi connectivity index (χ0n) is 13.4. The number of hydrogen-bond acceptors (Lipinski definition) is 2. The normalized spacial score (nSPS) is 26.9. The molecule has 0 saturated heterocycles. The second-order valence-electron chi connectivity index (χ2n) is 6.54. The molecule has 3 heteroatoms. The highest BCUT2D eigenvalue weighted by molar-refractivity contribution is 4.92. The summed E-state index contributed by atoms with van der Waals surface area (Å²) in [6.07, 6.45) is 13.5. The van der Waals surface area contributed by atoms with Crippen LogP contribution >= 0.6 is 0 Å². The first kappa shape index (κ1) is 15.6. The molecule has 1 N–H and O–H groups in total. The molecule has 1 aromatic rings. The van der Waals surface area contributed by atoms with Gasteiger partial charge in [0.1, 0.15) is 5.82 Å². The van der Waals surface area contributed by atoms with Crippen molar-refractivity contribution >= 4 is 0 Å². The van der Waals surface area contributed by atoms with E-state index in [0.29, 0.717) is 0 Å². The molecule has 0 bridgehead atoms. The molecule has 3 unspecified atom stereocenters. The molecule has 0 radical (unpaired) electrons. The van der Waals surface area contributed by atoms with Crippen molar-refractivity contribution in [2.75, 3.05) is 13.6 Å². The Morgan fingerprint density at radius 2 is 2.15 bits per heavy atom. The number of aryl methyl sites for hydroxylation is 2. The van der Waals surface area contributed by atoms with Crippen molar-refractivity contribution in [2.24, 2.45) is 24.8 Å². The molecule has 2 rings (SSSR count). The van der Waals surface area contributed by atoms with Crippen LogP contribution < -0.4 is 5.32 Å². The highest BCUT2D eigenvalue weighted by atomic mass is 15.0. The van der Waals surface area contributed by atoms with Crippen molar-refractivity contribution in [1.29, 1.82) is 0 Å². The van der Waals surface area contributed by atoms with Gasteiger partial charge in [-0.25, -0.2) is 4.98 Å². The summed E-state index contributed by atoms with van der Waals surface area (Å²) >= 11 is 0. The van der Waals surface area contributed by atoms with Gasteiger partial charge in [-0.1, -0.05) is 26.2 Å². The maximum absolute atomic E-state index is 4.47. The van der Waals surface area contributed by atoms with E-state index < -0.39 is 0 Å². The smallest absolute Gasteiger partial charge is 0.108 e. The van der Waals surface area contributed by atoms with E-state index in [-0.39, 0.29) is 0 Å². The van der Waals surface area contributed by atoms with Crippen LogP contribution in [0.4, 0.5) is 0 Å². The van der Waals surface area contributed by atoms with Crippen molar-refractivity contribution in [3.05, 3.63) is 18.2 Å². The van der Waals surface area contributed by atoms with Gasteiger partial charge < -0.3 is 9.88 Å². The molecule has 1 aliphatic carbocycles. The molecule has 1 saturated carbocycles. The lowest BCUT2D eigenvalue weighted by molar-refractivity contribution is 0.161. The summed E-state index contributed by atoms with van der Waals surface area (Å²) in [5.41, 5.74) is 0. The van der Waals surface area contributed by atoms with Crippen LogP contribution in [0, 0.1) is 17.8 Å². The summed E-state index contributed by atoms with van der Waals surface area (Å²) in [6.45, 7) is 3.51. The summed E-state index contributed by atoms with van der Waals surface area (Å²) in [5.74, 6) is 3.96. The minimum atomic E-state index is 0.869. The molecule has 20 heavy (non-hydrogen) atoms. The molecule has 1 aliphatic rings. The van der Waals surface area contributed by atoms with Crippen molar-refractivity contribution in [1.82, 2.24) is 14.9 Å². The lowest BCUT2D eigenvalue weighted by Crippen LogP contribution is -2.32. The molecule has 114 valence electrons. The van der Waals surface area contributed by atoms with Gasteiger partial charge in [0.05, 0.1) is 0 Å². The second kappa shape index (κ2) is 7.82. The van der Waals surface area contributed by atoms with Gasteiger partial charge in [-0.3, -0.25) is 0 Å². The fourth-order valence-corrected chi connectivity index (χ4v) is 3.93. The second-order valence-corrected chi connectivity index (χ2v) is 6.54. The van der Waals surface area contributed by atoms with Gasteiger partial charge in [0.25, 0.3) is 0 Å². The number of aromatic nitrogens is 2. The Hall–Kier alpha value is -0.830. The minimum absolute atomic E-state index is 0.869. The minimum Gasteiger partial charge on any atom is -0.338 e. The highest BCUT2D eigenvalue weighted by Crippen LogP contribution is 2.38. The van der Waals surface area contributed by atoms with Gasteiger partial charge in [-0.15, -0.1) is 0 Å². The fraction of sp³-hybridized carbons (Fsp3) is 0.824. The third kappa shape index (κ3) is 4.08. The Morgan fingerprint density at radius 3 is 2.80 bits per heavy atom. The third-order valence-electron chi connectivity index (χ3n) is 5.07. The van der Waals surface area contributed by atoms with Crippen LogP contribution in [-0.4, -0.2) is 23.1 Å². The van der Waals surface area contributed by atoms with Crippen LogP contribution in [0.3, 0.4) is 0 Å². The molecular weight excluding hydrogens is 246 g/mol. The molecule has 1 heterocycles. The topological polar surface area (TPSA) is 29.9 Å². The summed E-state index contributed by atoms with van der Waals surface area (Å²) in [6, 6.07) is 0. The molecule has 0 aliphatic heterocycles. The quantitative estimate of drug-likeness (QED) is 0.828. The maximum atomic E-state index is 4.47. The summed E-state index contributed by atoms with van der Waals surface area (Å²) in [7, 11) is 4.20. The van der Waals surface area contributed by atoms with Crippen LogP contribution in [0.2, 0.25) is 0 Å². The number of hydrogen-bond donors (Lipinski definition) is 1. The average Bonchev–Trinajstić information content (AvgIpc) is 2.85. The van der Waals surface area contributed by atoms with Gasteiger partial charge in [-0.05, 0) is 50.6 Å². The van der Waals surface area contributed by atoms with E-state index in [1.807, 2.05) is 6.20 Å². The number of nitrogens with zero attached hydrogens (tertiary/aromatic N) is 2. The lowest BCUT2D eigenvalue weighted by atomic mass is 9.71. The first-order valence-corrected chi connectivity index (χ1v) is 8.35. The van der Waals surface area contributed by atoms with Gasteiger partial charge in [0.15, 0.2) is 0 Å². The number of rotatable bonds is 7. The van der Waals surface area contributed by atoms with E-state index >= 15 is 0 Å². The van der Waals surface area contributed by atoms with E-state index in [4.69, 9.17) is 0 Å². The molecule has 3 atom stereocenters. The molecule has 0 amide bonds. The fourth-order valence-electron chi connectivity index (χ4n) is 3.93. The summed E-state index contributed by atoms with van der Waals surface area (Å²) in [5, 5.41) is 3.40. The Bertz CT molecular complexity index is 385. The first-order valence-electron chi connectivity index (χ1n) is 8.35. The zero-order valence-corrected chi connectivity index (χ0v) is 13.4. The van der Waals surface area contributed by atoms with E-state index in [9.17, 15) is 0 Å². The van der Waals surface area contributed by atoms with E-state index in [2.05, 4.69) is 42.1 Å². The maximum Gasteiger partial charge on any atom is 0.108 e. The van der Waals surface area contributed by atoms with Crippen molar-refractivity contribution < 1.29 is 0 Å². The standard InChI is InChI=1S/C17H31N3/c1-4-5-14-6-7-16(13-18-2)15(12-14)8-9-17-19-10-11-20(17)3/h10-11,14-16,18H,4-9,12-13H2,1-3H3. The molecule has 0 aromatic carbocycles. The lowest BCUT2D eigenvalue weighted by Gasteiger charge is -2.36. The largest absolute Gasteiger partial charge is 0.338 e. The molecule has 3 nitrogen and oxygen atoms in total. The van der Waals surface area contributed by atoms with Gasteiger partial charge in [0.2, 0.25) is 0 Å². The monoisotopic (exact) mass is 277 g/mol. The van der Waals surface area contributed by atoms with Crippen LogP contribution in [0.15, 0.2) is 12.4 Å². The Kier molecular flexibility index (Phi) is 6.08. The summed E-state index contributed by atoms with van der Waals surface area (Å²) in [4.78, 5) is 4.47. The molecule has 1 aromatic heterocycles. The van der Waals surface area contributed by atoms with Crippen molar-refractivity contribution in [3.8, 4) is 0 Å². The van der Waals surface area contributed by atoms with Gasteiger partial charge >= 0.3 is 0 Å². The summed E-state index contributed by atoms with van der Waals surface area (Å²) < 4.78 is 2.17. The van der Waals surface area contributed by atoms with Crippen LogP contribution in [-0.2, 0) is 13.5 Å². The predicted molar refractivity (Wildman–Crippen MR) is 84.7 cm³/mol. The SMILES string of the molecule is CCCC1CCC(CNC)C(CCc2nccn2C)C1. The van der Waals surface area contributed by atoms with Crippen molar-refractivity contribution in [3.63, 3.8) is 0 Å². The Balaban J connectivity index is 1.90. The van der Waals surface area contributed by atoms with Crippen LogP contribution in [0.5, 0.6) is 0 Å². The third-order valence-corrected chi connectivity index (χ3v) is 5.07. The highest BCUT2D eigenvalue weighted by Gasteiger charge is 2.29. The molecule has 1 fully saturated rings. The van der Waals surface area contributed by atoms with E-state index in [1.165, 1.54) is 50.9 Å². The molecule has 0 spiro atoms. The average molecular weight is 277 g/mol. The zero-order chi connectivity index (χ0) is 14.4. The van der Waals surface area contributed by atoms with E-state index in [1.54, 1.807) is 0 Å². The van der Waals surface area contributed by atoms with Crippen LogP contribution in [0.25, 0.3) is 0 Å². The Labute approximate surface area is 124 Å². The van der Waals surface area contributed by atoms with Gasteiger partial charge in [-0.2, -0.15) is 0 Å². The van der Waals surface area contributed by atoms with Crippen molar-refractivity contribution in [2.45, 2.75) is 51.9 Å². The number of nitrogens with one attached hydrogen (secondary N) is 1. The van der Waals surface area contributed by atoms with E-state index in [0.717, 1.165) is 24.2 Å². The first-order chi connectivity index (χ1) is 9.74. The predicted octanol–water partition coefficient (Wildman–Crippen LogP) is 3.40. The molecular formula is C17H31N3. The Morgan fingerprint density at radius 1 is 1.30 bits per heavy atom. The van der Waals surface area contributed by atoms with Crippen LogP contribution in [0.1, 0.15) is 51.3 Å².